The van der Waals surface area contributed by atoms with Crippen LogP contribution in [0, 0.1) is 0 Å². The van der Waals surface area contributed by atoms with Crippen molar-refractivity contribution in [2.24, 2.45) is 0 Å². The molecule has 0 fully saturated rings. The van der Waals surface area contributed by atoms with Crippen LogP contribution in [-0.4, -0.2) is 31.5 Å². The zero-order valence-electron chi connectivity index (χ0n) is 9.43. The van der Waals surface area contributed by atoms with Gasteiger partial charge >= 0.3 is 0 Å². The summed E-state index contributed by atoms with van der Waals surface area (Å²) in [6, 6.07) is 0. The summed E-state index contributed by atoms with van der Waals surface area (Å²) in [6.07, 6.45) is 4.79. The lowest BCUT2D eigenvalue weighted by Crippen LogP contribution is -2.25. The zero-order chi connectivity index (χ0) is 13.0. The van der Waals surface area contributed by atoms with E-state index in [1.807, 2.05) is 0 Å². The smallest absolute Gasteiger partial charge is 0.287 e. The Morgan fingerprint density at radius 3 is 3.06 bits per heavy atom. The molecule has 0 aliphatic carbocycles. The molecule has 2 aromatic rings. The van der Waals surface area contributed by atoms with Crippen molar-refractivity contribution in [2.75, 3.05) is 11.9 Å². The molecule has 0 aliphatic rings. The van der Waals surface area contributed by atoms with Gasteiger partial charge in [0.2, 0.25) is 0 Å². The fourth-order valence-corrected chi connectivity index (χ4v) is 1.63. The second-order valence-electron chi connectivity index (χ2n) is 3.51. The van der Waals surface area contributed by atoms with Gasteiger partial charge in [-0.15, -0.1) is 0 Å². The van der Waals surface area contributed by atoms with Crippen LogP contribution in [0.1, 0.15) is 5.82 Å². The van der Waals surface area contributed by atoms with Gasteiger partial charge in [0.1, 0.15) is 10.8 Å². The van der Waals surface area contributed by atoms with E-state index in [0.29, 0.717) is 12.2 Å². The molecule has 0 amide bonds. The van der Waals surface area contributed by atoms with Crippen LogP contribution in [0.5, 0.6) is 0 Å². The summed E-state index contributed by atoms with van der Waals surface area (Å²) in [5.41, 5.74) is 0.00224. The summed E-state index contributed by atoms with van der Waals surface area (Å²) in [5, 5.41) is 15.7. The van der Waals surface area contributed by atoms with Crippen LogP contribution in [-0.2, 0) is 13.1 Å². The molecule has 0 aromatic carbocycles. The fraction of sp³-hybridized carbons (Fsp3) is 0.300. The molecule has 0 bridgehead atoms. The van der Waals surface area contributed by atoms with Gasteiger partial charge in [-0.05, 0) is 0 Å². The number of aromatic nitrogens is 4. The van der Waals surface area contributed by atoms with Crippen LogP contribution in [0.4, 0.5) is 5.69 Å². The number of aliphatic hydroxyl groups excluding tert-OH is 1. The first-order valence-corrected chi connectivity index (χ1v) is 5.68. The van der Waals surface area contributed by atoms with Crippen molar-refractivity contribution in [1.82, 2.24) is 19.7 Å². The number of nitrogens with zero attached hydrogens (tertiary/aromatic N) is 3. The Kier molecular flexibility index (Phi) is 3.96. The number of aromatic amines is 1. The number of nitrogens with one attached hydrogen (secondary N) is 2. The average Bonchev–Trinajstić information content (AvgIpc) is 2.87. The Balaban J connectivity index is 2.14. The minimum Gasteiger partial charge on any atom is -0.394 e. The van der Waals surface area contributed by atoms with Gasteiger partial charge in [0.25, 0.3) is 5.56 Å². The number of anilines is 1. The molecule has 18 heavy (non-hydrogen) atoms. The van der Waals surface area contributed by atoms with Crippen molar-refractivity contribution in [1.29, 1.82) is 0 Å². The van der Waals surface area contributed by atoms with Crippen LogP contribution >= 0.6 is 11.6 Å². The molecule has 0 saturated carbocycles. The van der Waals surface area contributed by atoms with Gasteiger partial charge in [-0.25, -0.2) is 9.67 Å². The molecule has 2 aromatic heterocycles. The summed E-state index contributed by atoms with van der Waals surface area (Å²) < 4.78 is 1.11. The zero-order valence-corrected chi connectivity index (χ0v) is 10.2. The third-order valence-electron chi connectivity index (χ3n) is 2.30. The molecule has 0 spiro atoms. The summed E-state index contributed by atoms with van der Waals surface area (Å²) in [5.74, 6) is 0.727. The standard InChI is InChI=1S/C10H12ClN5O2/c11-9-7(14-6-8-12-1-2-13-8)5-15-16(3-4-17)10(9)18/h1-2,5,14,17H,3-4,6H2,(H,12,13). The number of imidazole rings is 1. The van der Waals surface area contributed by atoms with Crippen molar-refractivity contribution in [3.8, 4) is 0 Å². The first kappa shape index (κ1) is 12.6. The normalized spacial score (nSPS) is 10.6. The number of hydrogen-bond acceptors (Lipinski definition) is 5. The first-order chi connectivity index (χ1) is 8.72. The van der Waals surface area contributed by atoms with Crippen LogP contribution in [0.25, 0.3) is 0 Å². The molecule has 96 valence electrons. The van der Waals surface area contributed by atoms with E-state index in [0.717, 1.165) is 10.5 Å². The molecule has 0 atom stereocenters. The molecular formula is C10H12ClN5O2. The lowest BCUT2D eigenvalue weighted by Gasteiger charge is -2.08. The number of aliphatic hydroxyl groups is 1. The third kappa shape index (κ3) is 2.69. The number of hydrogen-bond donors (Lipinski definition) is 3. The average molecular weight is 270 g/mol. The highest BCUT2D eigenvalue weighted by Crippen LogP contribution is 2.15. The maximum Gasteiger partial charge on any atom is 0.287 e. The topological polar surface area (TPSA) is 95.8 Å². The molecule has 8 heteroatoms. The van der Waals surface area contributed by atoms with E-state index in [2.05, 4.69) is 20.4 Å². The molecule has 3 N–H and O–H groups in total. The van der Waals surface area contributed by atoms with Gasteiger partial charge in [0.05, 0.1) is 31.6 Å². The number of H-pyrrole nitrogens is 1. The predicted molar refractivity (Wildman–Crippen MR) is 66.5 cm³/mol. The third-order valence-corrected chi connectivity index (χ3v) is 2.66. The maximum absolute atomic E-state index is 11.7. The number of halogens is 1. The van der Waals surface area contributed by atoms with Gasteiger partial charge in [-0.2, -0.15) is 5.10 Å². The highest BCUT2D eigenvalue weighted by Gasteiger charge is 2.08. The Labute approximate surface area is 107 Å². The Hall–Kier alpha value is -1.86. The summed E-state index contributed by atoms with van der Waals surface area (Å²) >= 11 is 5.93. The Morgan fingerprint density at radius 1 is 1.56 bits per heavy atom. The van der Waals surface area contributed by atoms with Crippen molar-refractivity contribution in [2.45, 2.75) is 13.1 Å². The van der Waals surface area contributed by atoms with E-state index in [9.17, 15) is 4.79 Å². The molecule has 0 aliphatic heterocycles. The van der Waals surface area contributed by atoms with Crippen molar-refractivity contribution in [3.05, 3.63) is 39.8 Å². The lowest BCUT2D eigenvalue weighted by atomic mass is 10.4. The maximum atomic E-state index is 11.7. The largest absolute Gasteiger partial charge is 0.394 e. The van der Waals surface area contributed by atoms with E-state index in [4.69, 9.17) is 16.7 Å². The summed E-state index contributed by atoms with van der Waals surface area (Å²) in [4.78, 5) is 18.7. The second-order valence-corrected chi connectivity index (χ2v) is 3.89. The van der Waals surface area contributed by atoms with Crippen LogP contribution < -0.4 is 10.9 Å². The molecule has 0 saturated heterocycles. The number of rotatable bonds is 5. The van der Waals surface area contributed by atoms with Crippen LogP contribution in [0.2, 0.25) is 5.02 Å². The monoisotopic (exact) mass is 269 g/mol. The minimum atomic E-state index is -0.435. The molecule has 0 radical (unpaired) electrons. The van der Waals surface area contributed by atoms with E-state index in [-0.39, 0.29) is 18.2 Å². The van der Waals surface area contributed by atoms with Gasteiger partial charge in [-0.3, -0.25) is 4.79 Å². The molecule has 0 unspecified atom stereocenters. The summed E-state index contributed by atoms with van der Waals surface area (Å²) in [6.45, 7) is 0.372. The Morgan fingerprint density at radius 2 is 2.39 bits per heavy atom. The van der Waals surface area contributed by atoms with Crippen LogP contribution in [0.3, 0.4) is 0 Å². The van der Waals surface area contributed by atoms with Gasteiger partial charge in [0, 0.05) is 12.4 Å². The van der Waals surface area contributed by atoms with Crippen molar-refractivity contribution < 1.29 is 5.11 Å². The van der Waals surface area contributed by atoms with E-state index in [1.54, 1.807) is 12.4 Å². The van der Waals surface area contributed by atoms with E-state index in [1.165, 1.54) is 6.20 Å². The molecule has 7 nitrogen and oxygen atoms in total. The molecule has 2 rings (SSSR count). The van der Waals surface area contributed by atoms with Gasteiger partial charge in [0.15, 0.2) is 0 Å². The predicted octanol–water partition coefficient (Wildman–Crippen LogP) is 0.224. The van der Waals surface area contributed by atoms with E-state index >= 15 is 0 Å². The van der Waals surface area contributed by atoms with Gasteiger partial charge < -0.3 is 15.4 Å². The summed E-state index contributed by atoms with van der Waals surface area (Å²) in [7, 11) is 0. The van der Waals surface area contributed by atoms with Crippen LogP contribution in [0.15, 0.2) is 23.4 Å². The first-order valence-electron chi connectivity index (χ1n) is 5.31. The Bertz CT molecular complexity index is 566. The minimum absolute atomic E-state index is 0.0463. The molecular weight excluding hydrogens is 258 g/mol. The highest BCUT2D eigenvalue weighted by molar-refractivity contribution is 6.32. The quantitative estimate of drug-likeness (QED) is 0.722. The van der Waals surface area contributed by atoms with Gasteiger partial charge in [-0.1, -0.05) is 11.6 Å². The molecule has 2 heterocycles. The van der Waals surface area contributed by atoms with Crippen molar-refractivity contribution in [3.63, 3.8) is 0 Å². The fourth-order valence-electron chi connectivity index (χ4n) is 1.42. The van der Waals surface area contributed by atoms with Crippen molar-refractivity contribution >= 4 is 17.3 Å². The SMILES string of the molecule is O=c1c(Cl)c(NCc2ncc[nH]2)cnn1CCO. The van der Waals surface area contributed by atoms with E-state index < -0.39 is 5.56 Å². The second kappa shape index (κ2) is 5.65. The lowest BCUT2D eigenvalue weighted by molar-refractivity contribution is 0.266. The highest BCUT2D eigenvalue weighted by atomic mass is 35.5.